The fraction of sp³-hybridized carbons (Fsp3) is 0.391. The highest BCUT2D eigenvalue weighted by Crippen LogP contribution is 2.18. The Morgan fingerprint density at radius 3 is 2.68 bits per heavy atom. The van der Waals surface area contributed by atoms with Crippen LogP contribution in [0.15, 0.2) is 67.1 Å². The van der Waals surface area contributed by atoms with E-state index in [9.17, 15) is 0 Å². The van der Waals surface area contributed by atoms with Gasteiger partial charge in [0, 0.05) is 50.0 Å². The Kier molecular flexibility index (Phi) is 6.14. The maximum absolute atomic E-state index is 4.39. The Hall–Kier alpha value is -2.50. The van der Waals surface area contributed by atoms with E-state index in [0.717, 1.165) is 32.0 Å². The number of likely N-dealkylation sites (tertiary alicyclic amines) is 1. The number of hydrogen-bond acceptors (Lipinski definition) is 4. The van der Waals surface area contributed by atoms with E-state index >= 15 is 0 Å². The third-order valence-corrected chi connectivity index (χ3v) is 5.68. The van der Waals surface area contributed by atoms with Crippen molar-refractivity contribution in [2.75, 3.05) is 26.7 Å². The van der Waals surface area contributed by atoms with Gasteiger partial charge < -0.3 is 4.90 Å². The summed E-state index contributed by atoms with van der Waals surface area (Å²) < 4.78 is 2.09. The van der Waals surface area contributed by atoms with E-state index in [1.54, 1.807) is 12.4 Å². The zero-order chi connectivity index (χ0) is 19.2. The minimum atomic E-state index is 0.588. The van der Waals surface area contributed by atoms with Crippen LogP contribution in [0.5, 0.6) is 0 Å². The molecule has 0 bridgehead atoms. The Morgan fingerprint density at radius 1 is 1.04 bits per heavy atom. The van der Waals surface area contributed by atoms with Crippen molar-refractivity contribution in [2.24, 2.45) is 0 Å². The number of rotatable bonds is 7. The lowest BCUT2D eigenvalue weighted by Crippen LogP contribution is -2.46. The van der Waals surface area contributed by atoms with Crippen LogP contribution in [0, 0.1) is 0 Å². The summed E-state index contributed by atoms with van der Waals surface area (Å²) >= 11 is 0. The van der Waals surface area contributed by atoms with E-state index in [1.807, 2.05) is 12.3 Å². The molecule has 3 heterocycles. The Bertz CT molecular complexity index is 846. The first kappa shape index (κ1) is 18.8. The zero-order valence-corrected chi connectivity index (χ0v) is 16.6. The van der Waals surface area contributed by atoms with Crippen LogP contribution >= 0.6 is 0 Å². The SMILES string of the molecule is CN(Cc1cccn1-c1ncccn1)C1CCCN(CCc2ccccc2)C1. The van der Waals surface area contributed by atoms with Crippen molar-refractivity contribution in [1.29, 1.82) is 0 Å². The summed E-state index contributed by atoms with van der Waals surface area (Å²) in [6.07, 6.45) is 9.30. The Balaban J connectivity index is 1.35. The molecule has 1 aromatic carbocycles. The fourth-order valence-corrected chi connectivity index (χ4v) is 4.07. The Morgan fingerprint density at radius 2 is 1.86 bits per heavy atom. The molecule has 0 N–H and O–H groups in total. The fourth-order valence-electron chi connectivity index (χ4n) is 4.07. The number of nitrogens with zero attached hydrogens (tertiary/aromatic N) is 5. The summed E-state index contributed by atoms with van der Waals surface area (Å²) in [5.74, 6) is 0.740. The Labute approximate surface area is 167 Å². The third-order valence-electron chi connectivity index (χ3n) is 5.68. The molecule has 0 amide bonds. The highest BCUT2D eigenvalue weighted by Gasteiger charge is 2.23. The highest BCUT2D eigenvalue weighted by molar-refractivity contribution is 5.20. The summed E-state index contributed by atoms with van der Waals surface area (Å²) in [4.78, 5) is 13.9. The molecular weight excluding hydrogens is 346 g/mol. The van der Waals surface area contributed by atoms with Crippen molar-refractivity contribution in [3.05, 3.63) is 78.4 Å². The van der Waals surface area contributed by atoms with E-state index in [1.165, 1.54) is 30.6 Å². The average molecular weight is 376 g/mol. The van der Waals surface area contributed by atoms with Crippen molar-refractivity contribution in [3.63, 3.8) is 0 Å². The molecule has 1 unspecified atom stereocenters. The monoisotopic (exact) mass is 375 g/mol. The van der Waals surface area contributed by atoms with Crippen LogP contribution in [0.25, 0.3) is 5.95 Å². The van der Waals surface area contributed by atoms with Crippen molar-refractivity contribution in [3.8, 4) is 5.95 Å². The van der Waals surface area contributed by atoms with Crippen LogP contribution in [0.2, 0.25) is 0 Å². The van der Waals surface area contributed by atoms with Gasteiger partial charge in [0.15, 0.2) is 0 Å². The van der Waals surface area contributed by atoms with Gasteiger partial charge in [0.05, 0.1) is 0 Å². The maximum atomic E-state index is 4.39. The minimum absolute atomic E-state index is 0.588. The lowest BCUT2D eigenvalue weighted by Gasteiger charge is -2.37. The topological polar surface area (TPSA) is 37.2 Å². The maximum Gasteiger partial charge on any atom is 0.233 e. The summed E-state index contributed by atoms with van der Waals surface area (Å²) in [5.41, 5.74) is 2.66. The first-order valence-corrected chi connectivity index (χ1v) is 10.2. The van der Waals surface area contributed by atoms with Crippen molar-refractivity contribution >= 4 is 0 Å². The number of likely N-dealkylation sites (N-methyl/N-ethyl adjacent to an activating group) is 1. The number of piperidine rings is 1. The molecule has 5 heteroatoms. The molecule has 1 aliphatic rings. The van der Waals surface area contributed by atoms with Gasteiger partial charge >= 0.3 is 0 Å². The molecule has 0 aliphatic carbocycles. The number of aromatic nitrogens is 3. The molecule has 3 aromatic rings. The lowest BCUT2D eigenvalue weighted by molar-refractivity contribution is 0.111. The number of benzene rings is 1. The van der Waals surface area contributed by atoms with Crippen LogP contribution in [0.4, 0.5) is 0 Å². The van der Waals surface area contributed by atoms with Gasteiger partial charge in [-0.2, -0.15) is 0 Å². The van der Waals surface area contributed by atoms with E-state index in [0.29, 0.717) is 6.04 Å². The van der Waals surface area contributed by atoms with Gasteiger partial charge in [-0.3, -0.25) is 9.47 Å². The van der Waals surface area contributed by atoms with Gasteiger partial charge in [-0.1, -0.05) is 30.3 Å². The molecule has 146 valence electrons. The molecule has 4 rings (SSSR count). The van der Waals surface area contributed by atoms with E-state index in [2.05, 4.69) is 73.8 Å². The molecule has 28 heavy (non-hydrogen) atoms. The molecule has 2 aromatic heterocycles. The second-order valence-corrected chi connectivity index (χ2v) is 7.67. The molecule has 1 saturated heterocycles. The average Bonchev–Trinajstić information content (AvgIpc) is 3.22. The molecule has 1 fully saturated rings. The standard InChI is InChI=1S/C23H29N5/c1-26(18-22-11-6-16-28(22)23-24-13-7-14-25-23)21-10-5-15-27(19-21)17-12-20-8-3-2-4-9-20/h2-4,6-9,11,13-14,16,21H,5,10,12,15,17-19H2,1H3. The highest BCUT2D eigenvalue weighted by atomic mass is 15.2. The molecular formula is C23H29N5. The van der Waals surface area contributed by atoms with Crippen molar-refractivity contribution < 1.29 is 0 Å². The molecule has 0 radical (unpaired) electrons. The summed E-state index contributed by atoms with van der Waals surface area (Å²) in [5, 5.41) is 0. The lowest BCUT2D eigenvalue weighted by atomic mass is 10.0. The van der Waals surface area contributed by atoms with Gasteiger partial charge in [-0.15, -0.1) is 0 Å². The predicted molar refractivity (Wildman–Crippen MR) is 112 cm³/mol. The first-order chi connectivity index (χ1) is 13.8. The number of hydrogen-bond donors (Lipinski definition) is 0. The van der Waals surface area contributed by atoms with Crippen molar-refractivity contribution in [1.82, 2.24) is 24.3 Å². The second kappa shape index (κ2) is 9.13. The van der Waals surface area contributed by atoms with Gasteiger partial charge in [0.1, 0.15) is 0 Å². The second-order valence-electron chi connectivity index (χ2n) is 7.67. The van der Waals surface area contributed by atoms with Gasteiger partial charge in [0.25, 0.3) is 0 Å². The minimum Gasteiger partial charge on any atom is -0.301 e. The van der Waals surface area contributed by atoms with E-state index in [-0.39, 0.29) is 0 Å². The summed E-state index contributed by atoms with van der Waals surface area (Å²) in [6.45, 7) is 4.41. The van der Waals surface area contributed by atoms with Crippen LogP contribution in [0.3, 0.4) is 0 Å². The summed E-state index contributed by atoms with van der Waals surface area (Å²) in [7, 11) is 2.24. The third kappa shape index (κ3) is 4.66. The quantitative estimate of drug-likeness (QED) is 0.634. The van der Waals surface area contributed by atoms with Crippen LogP contribution < -0.4 is 0 Å². The van der Waals surface area contributed by atoms with Crippen LogP contribution in [-0.4, -0.2) is 57.1 Å². The molecule has 1 aliphatic heterocycles. The van der Waals surface area contributed by atoms with E-state index < -0.39 is 0 Å². The molecule has 5 nitrogen and oxygen atoms in total. The molecule has 0 saturated carbocycles. The first-order valence-electron chi connectivity index (χ1n) is 10.2. The van der Waals surface area contributed by atoms with E-state index in [4.69, 9.17) is 0 Å². The van der Waals surface area contributed by atoms with Gasteiger partial charge in [-0.05, 0) is 56.6 Å². The van der Waals surface area contributed by atoms with Crippen LogP contribution in [0.1, 0.15) is 24.1 Å². The normalized spacial score (nSPS) is 17.9. The van der Waals surface area contributed by atoms with Gasteiger partial charge in [-0.25, -0.2) is 9.97 Å². The molecule has 1 atom stereocenters. The smallest absolute Gasteiger partial charge is 0.233 e. The largest absolute Gasteiger partial charge is 0.301 e. The van der Waals surface area contributed by atoms with Crippen molar-refractivity contribution in [2.45, 2.75) is 31.8 Å². The zero-order valence-electron chi connectivity index (χ0n) is 16.6. The van der Waals surface area contributed by atoms with Crippen LogP contribution in [-0.2, 0) is 13.0 Å². The molecule has 0 spiro atoms. The van der Waals surface area contributed by atoms with Gasteiger partial charge in [0.2, 0.25) is 5.95 Å². The predicted octanol–water partition coefficient (Wildman–Crippen LogP) is 3.41. The summed E-state index contributed by atoms with van der Waals surface area (Å²) in [6, 6.07) is 17.5.